The summed E-state index contributed by atoms with van der Waals surface area (Å²) in [5.41, 5.74) is -0.938. The van der Waals surface area contributed by atoms with Gasteiger partial charge in [-0.3, -0.25) is 9.59 Å². The van der Waals surface area contributed by atoms with Crippen LogP contribution in [-0.4, -0.2) is 89.7 Å². The van der Waals surface area contributed by atoms with Crippen LogP contribution in [0.2, 0.25) is 0 Å². The Balaban J connectivity index is 5.88. The molecule has 0 aromatic heterocycles. The Hall–Kier alpha value is -1.26. The zero-order chi connectivity index (χ0) is 36.4. The summed E-state index contributed by atoms with van der Waals surface area (Å²) in [4.78, 5) is 26.3. The molecule has 0 spiro atoms. The lowest BCUT2D eigenvalue weighted by Crippen LogP contribution is -2.51. The van der Waals surface area contributed by atoms with Gasteiger partial charge in [0.05, 0.1) is 51.0 Å². The molecule has 292 valence electrons. The fourth-order valence-electron chi connectivity index (χ4n) is 5.67. The van der Waals surface area contributed by atoms with Crippen LogP contribution in [0.25, 0.3) is 0 Å². The number of rotatable bonds is 37. The molecule has 0 rings (SSSR count). The molecule has 3 atom stereocenters. The third-order valence-electron chi connectivity index (χ3n) is 9.16. The predicted octanol–water partition coefficient (Wildman–Crippen LogP) is 9.27. The molecule has 0 aliphatic heterocycles. The van der Waals surface area contributed by atoms with Gasteiger partial charge in [0, 0.05) is 45.7 Å². The van der Waals surface area contributed by atoms with Crippen molar-refractivity contribution in [2.75, 3.05) is 66.1 Å². The molecule has 0 amide bonds. The van der Waals surface area contributed by atoms with Gasteiger partial charge in [0.15, 0.2) is 0 Å². The van der Waals surface area contributed by atoms with Crippen LogP contribution in [0, 0.1) is 11.8 Å². The maximum absolute atomic E-state index is 13.9. The summed E-state index contributed by atoms with van der Waals surface area (Å²) < 4.78 is 42.7. The van der Waals surface area contributed by atoms with Crippen LogP contribution in [0.15, 0.2) is 0 Å². The Labute approximate surface area is 301 Å². The zero-order valence-corrected chi connectivity index (χ0v) is 33.0. The molecule has 0 heterocycles. The minimum atomic E-state index is -0.938. The minimum Gasteiger partial charge on any atom is -0.463 e. The van der Waals surface area contributed by atoms with Crippen molar-refractivity contribution in [2.24, 2.45) is 11.8 Å². The molecule has 9 nitrogen and oxygen atoms in total. The second kappa shape index (κ2) is 33.9. The number of ether oxygens (including phenoxy) is 7. The zero-order valence-electron chi connectivity index (χ0n) is 33.0. The first-order valence-electron chi connectivity index (χ1n) is 20.2. The summed E-state index contributed by atoms with van der Waals surface area (Å²) >= 11 is 0. The van der Waals surface area contributed by atoms with Gasteiger partial charge in [-0.1, -0.05) is 93.4 Å². The largest absolute Gasteiger partial charge is 0.463 e. The number of carbonyl (C=O) groups is 2. The number of hydrogen-bond acceptors (Lipinski definition) is 9. The average molecular weight is 703 g/mol. The lowest BCUT2D eigenvalue weighted by atomic mass is 9.86. The second-order valence-corrected chi connectivity index (χ2v) is 13.3. The van der Waals surface area contributed by atoms with Crippen molar-refractivity contribution >= 4 is 11.9 Å². The van der Waals surface area contributed by atoms with E-state index in [-0.39, 0.29) is 30.4 Å². The first-order chi connectivity index (χ1) is 23.9. The molecule has 0 aliphatic carbocycles. The quantitative estimate of drug-likeness (QED) is 0.0463. The fourth-order valence-corrected chi connectivity index (χ4v) is 5.67. The number of hydrogen-bond donors (Lipinski definition) is 0. The molecule has 0 N–H and O–H groups in total. The lowest BCUT2D eigenvalue weighted by Gasteiger charge is -2.41. The van der Waals surface area contributed by atoms with Gasteiger partial charge in [0.2, 0.25) is 0 Å². The van der Waals surface area contributed by atoms with Gasteiger partial charge in [0.25, 0.3) is 0 Å². The van der Waals surface area contributed by atoms with Crippen molar-refractivity contribution < 1.29 is 42.7 Å². The molecular formula is C40H78O9. The van der Waals surface area contributed by atoms with Crippen molar-refractivity contribution in [1.82, 2.24) is 0 Å². The smallest absolute Gasteiger partial charge is 0.309 e. The Morgan fingerprint density at radius 2 is 0.918 bits per heavy atom. The molecule has 0 aromatic carbocycles. The Kier molecular flexibility index (Phi) is 33.0. The summed E-state index contributed by atoms with van der Waals surface area (Å²) in [7, 11) is 0. The van der Waals surface area contributed by atoms with Crippen LogP contribution in [0.5, 0.6) is 0 Å². The molecule has 9 heteroatoms. The summed E-state index contributed by atoms with van der Waals surface area (Å²) in [5.74, 6) is -0.521. The van der Waals surface area contributed by atoms with Gasteiger partial charge < -0.3 is 33.2 Å². The van der Waals surface area contributed by atoms with E-state index in [0.717, 1.165) is 89.9 Å². The molecule has 0 radical (unpaired) electrons. The molecular weight excluding hydrogens is 624 g/mol. The van der Waals surface area contributed by atoms with Gasteiger partial charge in [-0.05, 0) is 44.9 Å². The lowest BCUT2D eigenvalue weighted by molar-refractivity contribution is -0.197. The van der Waals surface area contributed by atoms with Crippen LogP contribution < -0.4 is 0 Å². The van der Waals surface area contributed by atoms with Crippen molar-refractivity contribution in [3.8, 4) is 0 Å². The van der Waals surface area contributed by atoms with Gasteiger partial charge in [-0.25, -0.2) is 0 Å². The molecule has 3 unspecified atom stereocenters. The van der Waals surface area contributed by atoms with Gasteiger partial charge in [-0.2, -0.15) is 0 Å². The molecule has 49 heavy (non-hydrogen) atoms. The molecule has 0 bridgehead atoms. The Morgan fingerprint density at radius 1 is 0.469 bits per heavy atom. The molecule has 0 aliphatic rings. The maximum atomic E-state index is 13.9. The summed E-state index contributed by atoms with van der Waals surface area (Å²) in [6, 6.07) is 0. The number of carbonyl (C=O) groups excluding carboxylic acids is 2. The van der Waals surface area contributed by atoms with E-state index in [9.17, 15) is 9.59 Å². The summed E-state index contributed by atoms with van der Waals surface area (Å²) in [6.07, 6.45) is 14.6. The second-order valence-electron chi connectivity index (χ2n) is 13.3. The van der Waals surface area contributed by atoms with Gasteiger partial charge in [0.1, 0.15) is 12.2 Å². The van der Waals surface area contributed by atoms with E-state index >= 15 is 0 Å². The normalized spacial score (nSPS) is 13.7. The molecule has 0 saturated heterocycles. The highest BCUT2D eigenvalue weighted by molar-refractivity contribution is 5.73. The number of esters is 2. The molecule has 0 fully saturated rings. The van der Waals surface area contributed by atoms with Crippen LogP contribution in [-0.2, 0) is 42.7 Å². The highest BCUT2D eigenvalue weighted by atomic mass is 16.6. The predicted molar refractivity (Wildman–Crippen MR) is 198 cm³/mol. The van der Waals surface area contributed by atoms with Crippen molar-refractivity contribution in [3.63, 3.8) is 0 Å². The van der Waals surface area contributed by atoms with E-state index in [1.165, 1.54) is 0 Å². The first-order valence-corrected chi connectivity index (χ1v) is 20.2. The van der Waals surface area contributed by atoms with Crippen molar-refractivity contribution in [1.29, 1.82) is 0 Å². The van der Waals surface area contributed by atoms with Gasteiger partial charge in [-0.15, -0.1) is 0 Å². The van der Waals surface area contributed by atoms with E-state index in [0.29, 0.717) is 78.7 Å². The fraction of sp³-hybridized carbons (Fsp3) is 0.950. The molecule has 0 saturated carbocycles. The monoisotopic (exact) mass is 703 g/mol. The maximum Gasteiger partial charge on any atom is 0.309 e. The highest BCUT2D eigenvalue weighted by Crippen LogP contribution is 2.33. The first kappa shape index (κ1) is 47.7. The van der Waals surface area contributed by atoms with Crippen molar-refractivity contribution in [3.05, 3.63) is 0 Å². The summed E-state index contributed by atoms with van der Waals surface area (Å²) in [5, 5.41) is 0. The highest BCUT2D eigenvalue weighted by Gasteiger charge is 2.44. The van der Waals surface area contributed by atoms with Crippen molar-refractivity contribution in [2.45, 2.75) is 169 Å². The van der Waals surface area contributed by atoms with Gasteiger partial charge >= 0.3 is 11.9 Å². The molecule has 0 aromatic rings. The summed E-state index contributed by atoms with van der Waals surface area (Å²) in [6.45, 7) is 19.4. The Morgan fingerprint density at radius 3 is 1.41 bits per heavy atom. The van der Waals surface area contributed by atoms with Crippen LogP contribution in [0.1, 0.15) is 158 Å². The van der Waals surface area contributed by atoms with Crippen LogP contribution >= 0.6 is 0 Å². The third kappa shape index (κ3) is 23.8. The number of unbranched alkanes of at least 4 members (excludes halogenated alkanes) is 5. The van der Waals surface area contributed by atoms with Crippen LogP contribution in [0.3, 0.4) is 0 Å². The topological polar surface area (TPSA) is 98.8 Å². The van der Waals surface area contributed by atoms with E-state index in [1.54, 1.807) is 0 Å². The van der Waals surface area contributed by atoms with Crippen LogP contribution in [0.4, 0.5) is 0 Å². The average Bonchev–Trinajstić information content (AvgIpc) is 3.10. The van der Waals surface area contributed by atoms with E-state index in [1.807, 2.05) is 6.92 Å². The minimum absolute atomic E-state index is 0.0504. The van der Waals surface area contributed by atoms with E-state index in [4.69, 9.17) is 33.2 Å². The third-order valence-corrected chi connectivity index (χ3v) is 9.16. The SMILES string of the molecule is CCCCOCCC(OCCOCCOC(=O)C(CC)CCCC)C(CCOCCCC)(CCOCCCC)OC(=O)C(CC)CCCC. The van der Waals surface area contributed by atoms with E-state index < -0.39 is 11.7 Å². The van der Waals surface area contributed by atoms with E-state index in [2.05, 4.69) is 41.5 Å². The standard InChI is InChI=1S/C40H78O9/c1-8-15-20-35(13-6)38(41)48-34-32-46-31-33-47-37(22-28-43-25-17-10-3)40(23-29-44-26-18-11-4,24-30-45-27-19-12-5)49-39(42)36(14-7)21-16-9-2/h35-37H,8-34H2,1-7H3. The Bertz CT molecular complexity index is 733.